The Balaban J connectivity index is 2.07. The van der Waals surface area contributed by atoms with E-state index in [4.69, 9.17) is 5.11 Å². The van der Waals surface area contributed by atoms with Crippen LogP contribution in [0.3, 0.4) is 0 Å². The van der Waals surface area contributed by atoms with E-state index in [1.165, 1.54) is 24.6 Å². The van der Waals surface area contributed by atoms with Gasteiger partial charge in [0.2, 0.25) is 0 Å². The molecule has 0 bridgehead atoms. The van der Waals surface area contributed by atoms with E-state index in [9.17, 15) is 9.18 Å². The number of hydrogen-bond acceptors (Lipinski definition) is 3. The van der Waals surface area contributed by atoms with Crippen molar-refractivity contribution < 1.29 is 14.3 Å². The maximum Gasteiger partial charge on any atom is 0.252 e. The van der Waals surface area contributed by atoms with E-state index in [2.05, 4.69) is 17.2 Å². The van der Waals surface area contributed by atoms with Crippen LogP contribution in [0.1, 0.15) is 35.2 Å². The molecule has 1 aromatic rings. The smallest absolute Gasteiger partial charge is 0.252 e. The maximum atomic E-state index is 13.4. The van der Waals surface area contributed by atoms with E-state index in [-0.39, 0.29) is 18.1 Å². The van der Waals surface area contributed by atoms with Crippen LogP contribution in [-0.4, -0.2) is 35.2 Å². The van der Waals surface area contributed by atoms with E-state index in [0.717, 1.165) is 12.2 Å². The highest BCUT2D eigenvalue weighted by Crippen LogP contribution is 2.25. The van der Waals surface area contributed by atoms with Gasteiger partial charge in [-0.2, -0.15) is 11.8 Å². The number of carbonyl (C=O) groups is 1. The first kappa shape index (κ1) is 15.9. The second-order valence-electron chi connectivity index (χ2n) is 4.81. The Hall–Kier alpha value is -1.51. The molecule has 1 aliphatic heterocycles. The molecule has 0 radical (unpaired) electrons. The van der Waals surface area contributed by atoms with Gasteiger partial charge in [0, 0.05) is 23.8 Å². The van der Waals surface area contributed by atoms with E-state index in [0.29, 0.717) is 23.8 Å². The molecule has 0 aromatic heterocycles. The summed E-state index contributed by atoms with van der Waals surface area (Å²) in [7, 11) is 0. The van der Waals surface area contributed by atoms with Gasteiger partial charge >= 0.3 is 0 Å². The summed E-state index contributed by atoms with van der Waals surface area (Å²) in [5.74, 6) is 5.95. The molecule has 1 aliphatic rings. The monoisotopic (exact) mass is 307 g/mol. The fraction of sp³-hybridized carbons (Fsp3) is 0.438. The van der Waals surface area contributed by atoms with Crippen LogP contribution < -0.4 is 5.32 Å². The summed E-state index contributed by atoms with van der Waals surface area (Å²) >= 11 is 1.86. The lowest BCUT2D eigenvalue weighted by molar-refractivity contribution is 0.0953. The third-order valence-electron chi connectivity index (χ3n) is 3.20. The average Bonchev–Trinajstić information content (AvgIpc) is 3.00. The molecule has 0 spiro atoms. The molecule has 1 heterocycles. The summed E-state index contributed by atoms with van der Waals surface area (Å²) in [6.45, 7) is 0.568. The Morgan fingerprint density at radius 3 is 3.10 bits per heavy atom. The highest BCUT2D eigenvalue weighted by Gasteiger charge is 2.18. The van der Waals surface area contributed by atoms with Crippen LogP contribution in [0.25, 0.3) is 0 Å². The van der Waals surface area contributed by atoms with E-state index >= 15 is 0 Å². The van der Waals surface area contributed by atoms with Gasteiger partial charge in [0.05, 0.1) is 12.2 Å². The number of aliphatic hydroxyl groups is 1. The minimum absolute atomic E-state index is 0.0331. The third-order valence-corrected chi connectivity index (χ3v) is 4.60. The molecule has 1 unspecified atom stereocenters. The first-order chi connectivity index (χ1) is 10.2. The second-order valence-corrected chi connectivity index (χ2v) is 6.22. The molecule has 1 aromatic carbocycles. The topological polar surface area (TPSA) is 49.3 Å². The number of carbonyl (C=O) groups excluding carboxylic acids is 1. The van der Waals surface area contributed by atoms with Crippen LogP contribution in [0.5, 0.6) is 0 Å². The summed E-state index contributed by atoms with van der Waals surface area (Å²) in [6, 6.07) is 3.99. The Bertz CT molecular complexity index is 559. The minimum Gasteiger partial charge on any atom is -0.395 e. The molecule has 112 valence electrons. The predicted molar refractivity (Wildman–Crippen MR) is 82.8 cm³/mol. The SMILES string of the molecule is O=C(NCC1CCCS1)c1cc(F)ccc1C#CCCO. The highest BCUT2D eigenvalue weighted by atomic mass is 32.2. The highest BCUT2D eigenvalue weighted by molar-refractivity contribution is 8.00. The number of halogens is 1. The minimum atomic E-state index is -0.455. The quantitative estimate of drug-likeness (QED) is 0.838. The Morgan fingerprint density at radius 1 is 1.52 bits per heavy atom. The van der Waals surface area contributed by atoms with Gasteiger partial charge in [-0.15, -0.1) is 0 Å². The number of thioether (sulfide) groups is 1. The summed E-state index contributed by atoms with van der Waals surface area (Å²) in [4.78, 5) is 12.2. The van der Waals surface area contributed by atoms with Crippen LogP contribution in [0.2, 0.25) is 0 Å². The normalized spacial score (nSPS) is 17.1. The summed E-state index contributed by atoms with van der Waals surface area (Å²) < 4.78 is 13.4. The van der Waals surface area contributed by atoms with E-state index in [1.807, 2.05) is 11.8 Å². The van der Waals surface area contributed by atoms with Gasteiger partial charge in [0.1, 0.15) is 5.82 Å². The molecule has 0 aliphatic carbocycles. The van der Waals surface area contributed by atoms with Crippen LogP contribution in [0.15, 0.2) is 18.2 Å². The molecular weight excluding hydrogens is 289 g/mol. The number of aliphatic hydroxyl groups excluding tert-OH is 1. The Kier molecular flexibility index (Phi) is 6.09. The van der Waals surface area contributed by atoms with Gasteiger partial charge in [0.15, 0.2) is 0 Å². The van der Waals surface area contributed by atoms with Crippen molar-refractivity contribution in [1.82, 2.24) is 5.32 Å². The molecule has 2 rings (SSSR count). The summed E-state index contributed by atoms with van der Waals surface area (Å²) in [5.41, 5.74) is 0.741. The second kappa shape index (κ2) is 8.06. The molecule has 0 saturated carbocycles. The molecule has 3 nitrogen and oxygen atoms in total. The van der Waals surface area contributed by atoms with Crippen LogP contribution in [0, 0.1) is 17.7 Å². The van der Waals surface area contributed by atoms with Crippen molar-refractivity contribution in [2.75, 3.05) is 18.9 Å². The molecule has 1 saturated heterocycles. The standard InChI is InChI=1S/C16H18FNO2S/c17-13-7-6-12(4-1-2-8-19)15(10-13)16(20)18-11-14-5-3-9-21-14/h6-7,10,14,19H,2-3,5,8-9,11H2,(H,18,20). The lowest BCUT2D eigenvalue weighted by Crippen LogP contribution is -2.30. The number of rotatable bonds is 4. The van der Waals surface area contributed by atoms with Gasteiger partial charge in [-0.05, 0) is 36.8 Å². The zero-order valence-electron chi connectivity index (χ0n) is 11.7. The first-order valence-corrected chi connectivity index (χ1v) is 8.04. The zero-order chi connectivity index (χ0) is 15.1. The number of benzene rings is 1. The fourth-order valence-electron chi connectivity index (χ4n) is 2.13. The number of hydrogen-bond donors (Lipinski definition) is 2. The lowest BCUT2D eigenvalue weighted by atomic mass is 10.1. The average molecular weight is 307 g/mol. The van der Waals surface area contributed by atoms with Crippen LogP contribution in [0.4, 0.5) is 4.39 Å². The Labute approximate surface area is 128 Å². The third kappa shape index (κ3) is 4.76. The van der Waals surface area contributed by atoms with Crippen LogP contribution in [-0.2, 0) is 0 Å². The molecule has 21 heavy (non-hydrogen) atoms. The van der Waals surface area contributed by atoms with Gasteiger partial charge in [0.25, 0.3) is 5.91 Å². The van der Waals surface area contributed by atoms with Gasteiger partial charge in [-0.25, -0.2) is 4.39 Å². The van der Waals surface area contributed by atoms with Gasteiger partial charge in [-0.1, -0.05) is 11.8 Å². The van der Waals surface area contributed by atoms with Gasteiger partial charge in [-0.3, -0.25) is 4.79 Å². The largest absolute Gasteiger partial charge is 0.395 e. The van der Waals surface area contributed by atoms with Crippen molar-refractivity contribution in [3.05, 3.63) is 35.1 Å². The molecule has 1 atom stereocenters. The molecule has 5 heteroatoms. The van der Waals surface area contributed by atoms with Crippen molar-refractivity contribution in [2.24, 2.45) is 0 Å². The van der Waals surface area contributed by atoms with Crippen molar-refractivity contribution >= 4 is 17.7 Å². The maximum absolute atomic E-state index is 13.4. The number of amides is 1. The molecule has 1 amide bonds. The van der Waals surface area contributed by atoms with E-state index in [1.54, 1.807) is 0 Å². The van der Waals surface area contributed by atoms with Crippen molar-refractivity contribution in [1.29, 1.82) is 0 Å². The van der Waals surface area contributed by atoms with Crippen molar-refractivity contribution in [3.63, 3.8) is 0 Å². The summed E-state index contributed by atoms with van der Waals surface area (Å²) in [6.07, 6.45) is 2.62. The van der Waals surface area contributed by atoms with Crippen LogP contribution >= 0.6 is 11.8 Å². The summed E-state index contributed by atoms with van der Waals surface area (Å²) in [5, 5.41) is 12.0. The zero-order valence-corrected chi connectivity index (χ0v) is 12.5. The van der Waals surface area contributed by atoms with Crippen molar-refractivity contribution in [3.8, 4) is 11.8 Å². The van der Waals surface area contributed by atoms with E-state index < -0.39 is 5.82 Å². The molecule has 1 fully saturated rings. The predicted octanol–water partition coefficient (Wildman–Crippen LogP) is 2.19. The number of nitrogens with one attached hydrogen (secondary N) is 1. The molecular formula is C16H18FNO2S. The lowest BCUT2D eigenvalue weighted by Gasteiger charge is -2.11. The van der Waals surface area contributed by atoms with Crippen molar-refractivity contribution in [2.45, 2.75) is 24.5 Å². The Morgan fingerprint density at radius 2 is 2.38 bits per heavy atom. The molecule has 2 N–H and O–H groups in total. The fourth-order valence-corrected chi connectivity index (χ4v) is 3.34. The van der Waals surface area contributed by atoms with Gasteiger partial charge < -0.3 is 10.4 Å². The first-order valence-electron chi connectivity index (χ1n) is 7.00.